The fourth-order valence-corrected chi connectivity index (χ4v) is 3.87. The molecule has 3 aromatic carbocycles. The minimum absolute atomic E-state index is 0.284. The lowest BCUT2D eigenvalue weighted by atomic mass is 10.0. The highest BCUT2D eigenvalue weighted by Crippen LogP contribution is 2.38. The van der Waals surface area contributed by atoms with E-state index >= 15 is 0 Å². The monoisotopic (exact) mass is 497 g/mol. The summed E-state index contributed by atoms with van der Waals surface area (Å²) in [7, 11) is 1.56. The van der Waals surface area contributed by atoms with Gasteiger partial charge in [-0.25, -0.2) is 4.79 Å². The van der Waals surface area contributed by atoms with Crippen LogP contribution in [0.4, 0.5) is 0 Å². The highest BCUT2D eigenvalue weighted by atomic mass is 79.9. The van der Waals surface area contributed by atoms with E-state index in [-0.39, 0.29) is 6.61 Å². The van der Waals surface area contributed by atoms with Gasteiger partial charge in [0.15, 0.2) is 11.5 Å². The van der Waals surface area contributed by atoms with E-state index in [1.165, 1.54) is 0 Å². The number of carbonyl (C=O) groups is 1. The van der Waals surface area contributed by atoms with Gasteiger partial charge in [0.1, 0.15) is 12.3 Å². The minimum Gasteiger partial charge on any atom is -0.493 e. The van der Waals surface area contributed by atoms with Crippen LogP contribution >= 0.6 is 27.5 Å². The van der Waals surface area contributed by atoms with E-state index in [4.69, 9.17) is 25.9 Å². The molecule has 7 heteroatoms. The molecule has 0 spiro atoms. The van der Waals surface area contributed by atoms with Crippen molar-refractivity contribution < 1.29 is 19.1 Å². The van der Waals surface area contributed by atoms with Crippen LogP contribution in [0.25, 0.3) is 6.08 Å². The highest BCUT2D eigenvalue weighted by Gasteiger charge is 2.27. The summed E-state index contributed by atoms with van der Waals surface area (Å²) in [6.45, 7) is 0.284. The van der Waals surface area contributed by atoms with Crippen LogP contribution in [0.1, 0.15) is 16.7 Å². The summed E-state index contributed by atoms with van der Waals surface area (Å²) in [5, 5.41) is 4.57. The van der Waals surface area contributed by atoms with E-state index in [2.05, 4.69) is 21.1 Å². The van der Waals surface area contributed by atoms with Crippen LogP contribution in [-0.2, 0) is 16.2 Å². The number of carbonyl (C=O) groups excluding carboxylic acids is 1. The molecule has 1 heterocycles. The zero-order chi connectivity index (χ0) is 21.8. The van der Waals surface area contributed by atoms with E-state index in [0.717, 1.165) is 16.7 Å². The predicted octanol–water partition coefficient (Wildman–Crippen LogP) is 6.03. The van der Waals surface area contributed by atoms with Gasteiger partial charge in [-0.05, 0) is 45.8 Å². The van der Waals surface area contributed by atoms with Crippen LogP contribution in [0.3, 0.4) is 0 Å². The van der Waals surface area contributed by atoms with Crippen LogP contribution in [0, 0.1) is 0 Å². The lowest BCUT2D eigenvalue weighted by Gasteiger charge is -2.14. The van der Waals surface area contributed by atoms with Gasteiger partial charge in [-0.15, -0.1) is 0 Å². The molecule has 0 saturated heterocycles. The predicted molar refractivity (Wildman–Crippen MR) is 124 cm³/mol. The van der Waals surface area contributed by atoms with Crippen molar-refractivity contribution in [3.8, 4) is 11.5 Å². The maximum absolute atomic E-state index is 12.3. The second-order valence-corrected chi connectivity index (χ2v) is 7.92. The summed E-state index contributed by atoms with van der Waals surface area (Å²) in [5.74, 6) is 0.543. The summed E-state index contributed by atoms with van der Waals surface area (Å²) in [5.41, 5.74) is 3.24. The van der Waals surface area contributed by atoms with Gasteiger partial charge < -0.3 is 14.3 Å². The van der Waals surface area contributed by atoms with Crippen molar-refractivity contribution in [1.29, 1.82) is 0 Å². The average molecular weight is 499 g/mol. The van der Waals surface area contributed by atoms with Crippen LogP contribution in [-0.4, -0.2) is 18.8 Å². The molecule has 0 fully saturated rings. The molecule has 0 bridgehead atoms. The third kappa shape index (κ3) is 4.65. The maximum Gasteiger partial charge on any atom is 0.368 e. The van der Waals surface area contributed by atoms with Gasteiger partial charge in [-0.2, -0.15) is 0 Å². The molecule has 3 aromatic rings. The first kappa shape index (κ1) is 21.2. The Morgan fingerprint density at radius 2 is 1.84 bits per heavy atom. The topological polar surface area (TPSA) is 57.1 Å². The molecule has 0 radical (unpaired) electrons. The Hall–Kier alpha value is -3.09. The molecule has 1 aliphatic rings. The molecular formula is C24H17BrClNO4. The van der Waals surface area contributed by atoms with Crippen LogP contribution < -0.4 is 9.47 Å². The Kier molecular flexibility index (Phi) is 6.39. The second kappa shape index (κ2) is 9.37. The summed E-state index contributed by atoms with van der Waals surface area (Å²) in [6.07, 6.45) is 1.71. The Balaban J connectivity index is 1.64. The number of nitrogens with zero attached hydrogens (tertiary/aromatic N) is 1. The van der Waals surface area contributed by atoms with Crippen LogP contribution in [0.15, 0.2) is 81.9 Å². The highest BCUT2D eigenvalue weighted by molar-refractivity contribution is 9.10. The molecule has 1 aliphatic heterocycles. The van der Waals surface area contributed by atoms with Crippen molar-refractivity contribution in [1.82, 2.24) is 0 Å². The van der Waals surface area contributed by atoms with Crippen molar-refractivity contribution in [2.24, 2.45) is 5.16 Å². The fraction of sp³-hybridized carbons (Fsp3) is 0.0833. The Morgan fingerprint density at radius 3 is 2.58 bits per heavy atom. The number of methoxy groups -OCH3 is 1. The number of hydrogen-bond donors (Lipinski definition) is 0. The molecular weight excluding hydrogens is 482 g/mol. The van der Waals surface area contributed by atoms with Gasteiger partial charge in [0, 0.05) is 16.1 Å². The van der Waals surface area contributed by atoms with E-state index in [0.29, 0.717) is 32.3 Å². The van der Waals surface area contributed by atoms with Gasteiger partial charge in [-0.1, -0.05) is 65.3 Å². The summed E-state index contributed by atoms with van der Waals surface area (Å²) in [4.78, 5) is 17.2. The van der Waals surface area contributed by atoms with Crippen molar-refractivity contribution >= 4 is 45.3 Å². The molecule has 4 rings (SSSR count). The SMILES string of the molecule is COc1cc(/C=C2\C(=O)ON=C2c2ccccc2)cc(Br)c1OCc1ccccc1Cl. The standard InChI is InChI=1S/C24H17BrClNO4/c1-29-21-13-15(11-18-22(27-31-24(18)28)16-7-3-2-4-8-16)12-19(25)23(21)30-14-17-9-5-6-10-20(17)26/h2-13H,14H2,1H3/b18-11-. The van der Waals surface area contributed by atoms with Gasteiger partial charge in [0.05, 0.1) is 17.2 Å². The number of ether oxygens (including phenoxy) is 2. The number of benzene rings is 3. The number of hydrogen-bond acceptors (Lipinski definition) is 5. The van der Waals surface area contributed by atoms with E-state index in [1.54, 1.807) is 19.3 Å². The molecule has 0 saturated carbocycles. The smallest absolute Gasteiger partial charge is 0.368 e. The van der Waals surface area contributed by atoms with Crippen molar-refractivity contribution in [3.63, 3.8) is 0 Å². The number of rotatable bonds is 6. The lowest BCUT2D eigenvalue weighted by molar-refractivity contribution is -0.136. The summed E-state index contributed by atoms with van der Waals surface area (Å²) < 4.78 is 12.2. The lowest BCUT2D eigenvalue weighted by Crippen LogP contribution is -2.06. The summed E-state index contributed by atoms with van der Waals surface area (Å²) >= 11 is 9.76. The normalized spacial score (nSPS) is 14.4. The second-order valence-electron chi connectivity index (χ2n) is 6.66. The van der Waals surface area contributed by atoms with Crippen molar-refractivity contribution in [2.45, 2.75) is 6.61 Å². The average Bonchev–Trinajstić information content (AvgIpc) is 3.14. The van der Waals surface area contributed by atoms with Crippen LogP contribution in [0.5, 0.6) is 11.5 Å². The first-order chi connectivity index (χ1) is 15.1. The molecule has 0 N–H and O–H groups in total. The van der Waals surface area contributed by atoms with Gasteiger partial charge in [-0.3, -0.25) is 0 Å². The zero-order valence-electron chi connectivity index (χ0n) is 16.5. The largest absolute Gasteiger partial charge is 0.493 e. The fourth-order valence-electron chi connectivity index (χ4n) is 3.11. The molecule has 0 aromatic heterocycles. The molecule has 156 valence electrons. The van der Waals surface area contributed by atoms with Crippen molar-refractivity contribution in [3.05, 3.63) is 98.5 Å². The third-order valence-electron chi connectivity index (χ3n) is 4.63. The molecule has 0 atom stereocenters. The molecule has 0 amide bonds. The van der Waals surface area contributed by atoms with E-state index in [1.807, 2.05) is 60.7 Å². The van der Waals surface area contributed by atoms with Gasteiger partial charge in [0.2, 0.25) is 0 Å². The number of halogens is 2. The first-order valence-electron chi connectivity index (χ1n) is 9.37. The quantitative estimate of drug-likeness (QED) is 0.307. The molecule has 0 unspecified atom stereocenters. The Labute approximate surface area is 193 Å². The Bertz CT molecular complexity index is 1190. The Morgan fingerprint density at radius 1 is 1.10 bits per heavy atom. The van der Waals surface area contributed by atoms with Crippen LogP contribution in [0.2, 0.25) is 5.02 Å². The van der Waals surface area contributed by atoms with E-state index in [9.17, 15) is 4.79 Å². The molecule has 31 heavy (non-hydrogen) atoms. The van der Waals surface area contributed by atoms with Gasteiger partial charge >= 0.3 is 5.97 Å². The third-order valence-corrected chi connectivity index (χ3v) is 5.59. The zero-order valence-corrected chi connectivity index (χ0v) is 18.8. The summed E-state index contributed by atoms with van der Waals surface area (Å²) in [6, 6.07) is 20.5. The first-order valence-corrected chi connectivity index (χ1v) is 10.5. The minimum atomic E-state index is -0.506. The number of oxime groups is 1. The van der Waals surface area contributed by atoms with Crippen molar-refractivity contribution in [2.75, 3.05) is 7.11 Å². The maximum atomic E-state index is 12.3. The van der Waals surface area contributed by atoms with E-state index < -0.39 is 5.97 Å². The molecule has 0 aliphatic carbocycles. The van der Waals surface area contributed by atoms with Gasteiger partial charge in [0.25, 0.3) is 0 Å². The molecule has 5 nitrogen and oxygen atoms in total.